The number of nitro benzene ring substituents is 1. The van der Waals surface area contributed by atoms with Gasteiger partial charge in [0.15, 0.2) is 5.43 Å². The van der Waals surface area contributed by atoms with Gasteiger partial charge in [-0.15, -0.1) is 0 Å². The lowest BCUT2D eigenvalue weighted by Crippen LogP contribution is -2.29. The van der Waals surface area contributed by atoms with Crippen molar-refractivity contribution >= 4 is 28.3 Å². The van der Waals surface area contributed by atoms with Crippen molar-refractivity contribution in [2.75, 3.05) is 12.0 Å². The van der Waals surface area contributed by atoms with E-state index < -0.39 is 28.1 Å². The summed E-state index contributed by atoms with van der Waals surface area (Å²) in [5.74, 6) is -0.843. The molecule has 0 aliphatic carbocycles. The van der Waals surface area contributed by atoms with Gasteiger partial charge in [-0.2, -0.15) is 0 Å². The average molecular weight is 446 g/mol. The normalized spacial score (nSPS) is 15.0. The van der Waals surface area contributed by atoms with Gasteiger partial charge in [-0.1, -0.05) is 12.1 Å². The number of hydrogen-bond donors (Lipinski definition) is 0. The summed E-state index contributed by atoms with van der Waals surface area (Å²) in [5, 5.41) is 11.3. The summed E-state index contributed by atoms with van der Waals surface area (Å²) in [4.78, 5) is 39.1. The summed E-state index contributed by atoms with van der Waals surface area (Å²) in [6.45, 7) is 0. The summed E-state index contributed by atoms with van der Waals surface area (Å²) in [6.07, 6.45) is 0. The lowest BCUT2D eigenvalue weighted by molar-refractivity contribution is -0.384. The number of rotatable bonds is 4. The molecule has 164 valence electrons. The molecule has 0 radical (unpaired) electrons. The standard InChI is InChI=1S/C24H15FN2O6/c1-32-17-8-6-15(7-9-17)26-21(13-3-2-4-16(11-13)27(30)31)20-22(28)18-12-14(25)5-10-19(18)33-23(20)24(26)29/h2-12,21H,1H3. The van der Waals surface area contributed by atoms with Crippen molar-refractivity contribution in [3.8, 4) is 5.75 Å². The Balaban J connectivity index is 1.80. The van der Waals surface area contributed by atoms with Crippen molar-refractivity contribution in [3.05, 3.63) is 110 Å². The fourth-order valence-corrected chi connectivity index (χ4v) is 4.08. The van der Waals surface area contributed by atoms with Gasteiger partial charge in [0.05, 0.1) is 29.0 Å². The van der Waals surface area contributed by atoms with Gasteiger partial charge < -0.3 is 9.15 Å². The van der Waals surface area contributed by atoms with Crippen molar-refractivity contribution in [2.24, 2.45) is 0 Å². The van der Waals surface area contributed by atoms with Crippen LogP contribution in [0.4, 0.5) is 15.8 Å². The van der Waals surface area contributed by atoms with Crippen LogP contribution < -0.4 is 15.1 Å². The number of nitrogens with zero attached hydrogens (tertiary/aromatic N) is 2. The van der Waals surface area contributed by atoms with Gasteiger partial charge in [0.25, 0.3) is 11.6 Å². The molecule has 0 N–H and O–H groups in total. The summed E-state index contributed by atoms with van der Waals surface area (Å²) >= 11 is 0. The van der Waals surface area contributed by atoms with Crippen molar-refractivity contribution in [1.29, 1.82) is 0 Å². The van der Waals surface area contributed by atoms with E-state index in [9.17, 15) is 24.1 Å². The number of amides is 1. The van der Waals surface area contributed by atoms with Crippen LogP contribution in [-0.4, -0.2) is 17.9 Å². The van der Waals surface area contributed by atoms with E-state index in [1.807, 2.05) is 0 Å². The highest BCUT2D eigenvalue weighted by Crippen LogP contribution is 2.42. The van der Waals surface area contributed by atoms with Crippen LogP contribution in [-0.2, 0) is 0 Å². The van der Waals surface area contributed by atoms with Crippen LogP contribution in [0.3, 0.4) is 0 Å². The topological polar surface area (TPSA) is 103 Å². The highest BCUT2D eigenvalue weighted by atomic mass is 19.1. The van der Waals surface area contributed by atoms with E-state index >= 15 is 0 Å². The molecule has 1 aliphatic heterocycles. The summed E-state index contributed by atoms with van der Waals surface area (Å²) in [7, 11) is 1.51. The molecule has 0 saturated heterocycles. The number of methoxy groups -OCH3 is 1. The van der Waals surface area contributed by atoms with E-state index in [-0.39, 0.29) is 28.0 Å². The van der Waals surface area contributed by atoms with E-state index in [1.54, 1.807) is 30.3 Å². The number of anilines is 1. The van der Waals surface area contributed by atoms with Gasteiger partial charge in [-0.05, 0) is 48.0 Å². The second-order valence-electron chi connectivity index (χ2n) is 7.44. The number of nitro groups is 1. The van der Waals surface area contributed by atoms with Crippen LogP contribution in [0.2, 0.25) is 0 Å². The first-order valence-electron chi connectivity index (χ1n) is 9.87. The average Bonchev–Trinajstić information content (AvgIpc) is 3.12. The first-order chi connectivity index (χ1) is 15.9. The maximum absolute atomic E-state index is 13.9. The number of benzene rings is 3. The highest BCUT2D eigenvalue weighted by molar-refractivity contribution is 6.10. The third-order valence-electron chi connectivity index (χ3n) is 5.58. The first-order valence-corrected chi connectivity index (χ1v) is 9.87. The number of carbonyl (C=O) groups excluding carboxylic acids is 1. The molecule has 1 aromatic heterocycles. The molecule has 33 heavy (non-hydrogen) atoms. The largest absolute Gasteiger partial charge is 0.497 e. The molecular formula is C24H15FN2O6. The third-order valence-corrected chi connectivity index (χ3v) is 5.58. The Kier molecular flexibility index (Phi) is 4.67. The quantitative estimate of drug-likeness (QED) is 0.335. The van der Waals surface area contributed by atoms with Crippen LogP contribution in [0.1, 0.15) is 27.7 Å². The molecule has 9 heteroatoms. The zero-order chi connectivity index (χ0) is 23.3. The van der Waals surface area contributed by atoms with Crippen molar-refractivity contribution < 1.29 is 23.3 Å². The Morgan fingerprint density at radius 1 is 1.06 bits per heavy atom. The van der Waals surface area contributed by atoms with Gasteiger partial charge in [0.1, 0.15) is 17.1 Å². The third kappa shape index (κ3) is 3.21. The molecule has 1 amide bonds. The van der Waals surface area contributed by atoms with E-state index in [0.29, 0.717) is 17.0 Å². The van der Waals surface area contributed by atoms with E-state index in [4.69, 9.17) is 9.15 Å². The highest BCUT2D eigenvalue weighted by Gasteiger charge is 2.44. The monoisotopic (exact) mass is 446 g/mol. The van der Waals surface area contributed by atoms with Gasteiger partial charge in [-0.3, -0.25) is 24.6 Å². The molecule has 1 unspecified atom stereocenters. The number of halogens is 1. The van der Waals surface area contributed by atoms with Gasteiger partial charge in [0.2, 0.25) is 5.76 Å². The fourth-order valence-electron chi connectivity index (χ4n) is 4.08. The Bertz CT molecular complexity index is 1500. The molecule has 1 aliphatic rings. The molecule has 3 aromatic carbocycles. The summed E-state index contributed by atoms with van der Waals surface area (Å²) in [5.41, 5.74) is 0.0664. The zero-order valence-electron chi connectivity index (χ0n) is 17.2. The molecule has 5 rings (SSSR count). The van der Waals surface area contributed by atoms with Gasteiger partial charge >= 0.3 is 0 Å². The number of carbonyl (C=O) groups is 1. The van der Waals surface area contributed by atoms with Crippen LogP contribution >= 0.6 is 0 Å². The summed E-state index contributed by atoms with van der Waals surface area (Å²) in [6, 6.07) is 14.7. The molecule has 0 fully saturated rings. The van der Waals surface area contributed by atoms with Crippen molar-refractivity contribution in [1.82, 2.24) is 0 Å². The minimum Gasteiger partial charge on any atom is -0.497 e. The van der Waals surface area contributed by atoms with E-state index in [1.165, 1.54) is 36.3 Å². The minimum absolute atomic E-state index is 0.00517. The number of ether oxygens (including phenoxy) is 1. The van der Waals surface area contributed by atoms with Gasteiger partial charge in [0, 0.05) is 17.8 Å². The molecule has 2 heterocycles. The van der Waals surface area contributed by atoms with Gasteiger partial charge in [-0.25, -0.2) is 4.39 Å². The molecular weight excluding hydrogens is 431 g/mol. The van der Waals surface area contributed by atoms with E-state index in [0.717, 1.165) is 12.1 Å². The van der Waals surface area contributed by atoms with Crippen LogP contribution in [0.15, 0.2) is 75.9 Å². The predicted octanol–water partition coefficient (Wildman–Crippen LogP) is 4.60. The molecule has 0 bridgehead atoms. The lowest BCUT2D eigenvalue weighted by Gasteiger charge is -2.25. The fraction of sp³-hybridized carbons (Fsp3) is 0.0833. The zero-order valence-corrected chi connectivity index (χ0v) is 17.2. The first kappa shape index (κ1) is 20.4. The molecule has 8 nitrogen and oxygen atoms in total. The van der Waals surface area contributed by atoms with Crippen molar-refractivity contribution in [3.63, 3.8) is 0 Å². The van der Waals surface area contributed by atoms with Crippen LogP contribution in [0, 0.1) is 15.9 Å². The lowest BCUT2D eigenvalue weighted by atomic mass is 9.97. The second kappa shape index (κ2) is 7.56. The molecule has 1 atom stereocenters. The second-order valence-corrected chi connectivity index (χ2v) is 7.44. The van der Waals surface area contributed by atoms with Crippen LogP contribution in [0.25, 0.3) is 11.0 Å². The van der Waals surface area contributed by atoms with E-state index in [2.05, 4.69) is 0 Å². The SMILES string of the molecule is COc1ccc(N2C(=O)c3oc4ccc(F)cc4c(=O)c3C2c2cccc([N+](=O)[O-])c2)cc1. The Morgan fingerprint density at radius 3 is 2.52 bits per heavy atom. The number of non-ortho nitro benzene ring substituents is 1. The number of hydrogen-bond acceptors (Lipinski definition) is 6. The Hall–Kier alpha value is -4.53. The molecule has 4 aromatic rings. The number of fused-ring (bicyclic) bond motifs is 2. The Morgan fingerprint density at radius 2 is 1.82 bits per heavy atom. The molecule has 0 saturated carbocycles. The predicted molar refractivity (Wildman–Crippen MR) is 117 cm³/mol. The summed E-state index contributed by atoms with van der Waals surface area (Å²) < 4.78 is 24.8. The minimum atomic E-state index is -1.01. The Labute approximate surface area is 185 Å². The maximum atomic E-state index is 13.9. The maximum Gasteiger partial charge on any atom is 0.295 e. The van der Waals surface area contributed by atoms with Crippen LogP contribution in [0.5, 0.6) is 5.75 Å². The molecule has 0 spiro atoms. The van der Waals surface area contributed by atoms with Crippen molar-refractivity contribution in [2.45, 2.75) is 6.04 Å². The smallest absolute Gasteiger partial charge is 0.295 e.